The molecular formula is C15H11FN4O2. The highest BCUT2D eigenvalue weighted by molar-refractivity contribution is 5.96. The van der Waals surface area contributed by atoms with E-state index in [-0.39, 0.29) is 28.2 Å². The van der Waals surface area contributed by atoms with Crippen molar-refractivity contribution in [3.05, 3.63) is 46.5 Å². The largest absolute Gasteiger partial charge is 0.464 e. The zero-order chi connectivity index (χ0) is 16.4. The second kappa shape index (κ2) is 5.58. The molecule has 2 aromatic rings. The second-order valence-electron chi connectivity index (χ2n) is 4.51. The quantitative estimate of drug-likeness (QED) is 0.854. The fourth-order valence-electron chi connectivity index (χ4n) is 2.06. The van der Waals surface area contributed by atoms with E-state index in [2.05, 4.69) is 4.74 Å². The number of anilines is 1. The topological polar surface area (TPSA) is 105 Å². The number of halogens is 1. The summed E-state index contributed by atoms with van der Waals surface area (Å²) in [5.41, 5.74) is 6.13. The maximum Gasteiger partial charge on any atom is 0.357 e. The van der Waals surface area contributed by atoms with Crippen molar-refractivity contribution >= 4 is 11.7 Å². The lowest BCUT2D eigenvalue weighted by Gasteiger charge is -2.11. The number of aromatic nitrogens is 1. The number of nitrogens with zero attached hydrogens (tertiary/aromatic N) is 3. The molecule has 0 radical (unpaired) electrons. The fraction of sp³-hybridized carbons (Fsp3) is 0.133. The number of carbonyl (C=O) groups is 1. The number of rotatable bonds is 2. The van der Waals surface area contributed by atoms with Crippen molar-refractivity contribution in [2.45, 2.75) is 6.92 Å². The van der Waals surface area contributed by atoms with E-state index >= 15 is 0 Å². The molecule has 1 heterocycles. The number of aryl methyl sites for hydroxylation is 1. The van der Waals surface area contributed by atoms with Gasteiger partial charge in [-0.15, -0.1) is 0 Å². The van der Waals surface area contributed by atoms with Crippen molar-refractivity contribution in [3.8, 4) is 17.8 Å². The van der Waals surface area contributed by atoms with E-state index in [9.17, 15) is 14.4 Å². The van der Waals surface area contributed by atoms with Gasteiger partial charge >= 0.3 is 5.97 Å². The van der Waals surface area contributed by atoms with E-state index in [1.54, 1.807) is 0 Å². The van der Waals surface area contributed by atoms with E-state index in [1.165, 1.54) is 23.8 Å². The smallest absolute Gasteiger partial charge is 0.357 e. The predicted octanol–water partition coefficient (Wildman–Crippen LogP) is 2.04. The molecule has 6 nitrogen and oxygen atoms in total. The molecule has 0 bridgehead atoms. The number of nitriles is 2. The van der Waals surface area contributed by atoms with Gasteiger partial charge in [-0.05, 0) is 24.6 Å². The van der Waals surface area contributed by atoms with Crippen molar-refractivity contribution in [3.63, 3.8) is 0 Å². The van der Waals surface area contributed by atoms with Crippen molar-refractivity contribution in [1.82, 2.24) is 4.57 Å². The maximum atomic E-state index is 13.8. The number of nitrogen functional groups attached to an aromatic ring is 1. The summed E-state index contributed by atoms with van der Waals surface area (Å²) in [6, 6.07) is 6.23. The van der Waals surface area contributed by atoms with E-state index in [0.29, 0.717) is 5.56 Å². The van der Waals surface area contributed by atoms with Crippen LogP contribution in [-0.2, 0) is 4.74 Å². The van der Waals surface area contributed by atoms with Gasteiger partial charge in [-0.2, -0.15) is 10.5 Å². The van der Waals surface area contributed by atoms with Crippen LogP contribution in [0.2, 0.25) is 0 Å². The molecule has 0 aliphatic heterocycles. The molecule has 0 aliphatic rings. The summed E-state index contributed by atoms with van der Waals surface area (Å²) in [4.78, 5) is 11.9. The number of hydrogen-bond donors (Lipinski definition) is 1. The Labute approximate surface area is 125 Å². The van der Waals surface area contributed by atoms with Crippen LogP contribution in [-0.4, -0.2) is 17.6 Å². The molecular weight excluding hydrogens is 287 g/mol. The van der Waals surface area contributed by atoms with Gasteiger partial charge in [0.15, 0.2) is 5.69 Å². The van der Waals surface area contributed by atoms with Gasteiger partial charge in [-0.3, -0.25) is 0 Å². The summed E-state index contributed by atoms with van der Waals surface area (Å²) in [6.45, 7) is 1.52. The first kappa shape index (κ1) is 15.1. The Morgan fingerprint density at radius 2 is 1.95 bits per heavy atom. The molecule has 22 heavy (non-hydrogen) atoms. The molecule has 110 valence electrons. The first-order valence-corrected chi connectivity index (χ1v) is 6.14. The van der Waals surface area contributed by atoms with E-state index < -0.39 is 11.8 Å². The highest BCUT2D eigenvalue weighted by Crippen LogP contribution is 2.27. The molecule has 7 heteroatoms. The van der Waals surface area contributed by atoms with Gasteiger partial charge in [-0.1, -0.05) is 0 Å². The predicted molar refractivity (Wildman–Crippen MR) is 75.6 cm³/mol. The Bertz CT molecular complexity index is 856. The molecule has 1 aromatic heterocycles. The van der Waals surface area contributed by atoms with Gasteiger partial charge in [-0.25, -0.2) is 9.18 Å². The molecule has 0 spiro atoms. The third-order valence-corrected chi connectivity index (χ3v) is 3.20. The normalized spacial score (nSPS) is 9.86. The maximum absolute atomic E-state index is 13.8. The molecule has 0 saturated heterocycles. The number of ether oxygens (including phenoxy) is 1. The van der Waals surface area contributed by atoms with Gasteiger partial charge in [0.25, 0.3) is 0 Å². The lowest BCUT2D eigenvalue weighted by Crippen LogP contribution is -2.12. The Morgan fingerprint density at radius 3 is 2.50 bits per heavy atom. The van der Waals surface area contributed by atoms with Crippen LogP contribution in [0.3, 0.4) is 0 Å². The minimum Gasteiger partial charge on any atom is -0.464 e. The first-order chi connectivity index (χ1) is 10.4. The van der Waals surface area contributed by atoms with Gasteiger partial charge in [0.1, 0.15) is 18.0 Å². The number of nitrogens with two attached hydrogens (primary N) is 1. The molecule has 0 atom stereocenters. The first-order valence-electron chi connectivity index (χ1n) is 6.14. The number of methoxy groups -OCH3 is 1. The summed E-state index contributed by atoms with van der Waals surface area (Å²) < 4.78 is 19.7. The van der Waals surface area contributed by atoms with E-state index in [4.69, 9.17) is 11.0 Å². The summed E-state index contributed by atoms with van der Waals surface area (Å²) in [5, 5.41) is 18.3. The summed E-state index contributed by atoms with van der Waals surface area (Å²) in [6.07, 6.45) is 1.27. The fourth-order valence-corrected chi connectivity index (χ4v) is 2.06. The molecule has 2 rings (SSSR count). The number of benzene rings is 1. The molecule has 0 saturated carbocycles. The molecule has 0 unspecified atom stereocenters. The molecule has 1 aromatic carbocycles. The lowest BCUT2D eigenvalue weighted by molar-refractivity contribution is 0.0593. The third kappa shape index (κ3) is 2.25. The average Bonchev–Trinajstić information content (AvgIpc) is 2.85. The minimum atomic E-state index is -0.788. The van der Waals surface area contributed by atoms with Crippen LogP contribution in [0.15, 0.2) is 18.3 Å². The van der Waals surface area contributed by atoms with Gasteiger partial charge in [0, 0.05) is 6.20 Å². The van der Waals surface area contributed by atoms with E-state index in [0.717, 1.165) is 13.2 Å². The van der Waals surface area contributed by atoms with Crippen molar-refractivity contribution in [2.24, 2.45) is 0 Å². The molecule has 2 N–H and O–H groups in total. The minimum absolute atomic E-state index is 0.0327. The zero-order valence-electron chi connectivity index (χ0n) is 11.8. The molecule has 0 amide bonds. The highest BCUT2D eigenvalue weighted by atomic mass is 19.1. The summed E-state index contributed by atoms with van der Waals surface area (Å²) >= 11 is 0. The Balaban J connectivity index is 2.84. The van der Waals surface area contributed by atoms with Gasteiger partial charge < -0.3 is 15.0 Å². The second-order valence-corrected chi connectivity index (χ2v) is 4.51. The van der Waals surface area contributed by atoms with Crippen LogP contribution >= 0.6 is 0 Å². The monoisotopic (exact) mass is 298 g/mol. The standard InChI is InChI=1S/C15H11FN4O2/c1-8-3-9(5-17)12(4-11(8)16)20-7-10(6-18)13(19)14(20)15(21)22-2/h3-4,7H,19H2,1-2H3. The van der Waals surface area contributed by atoms with Crippen molar-refractivity contribution in [1.29, 1.82) is 10.5 Å². The van der Waals surface area contributed by atoms with Crippen molar-refractivity contribution in [2.75, 3.05) is 12.8 Å². The molecule has 0 fully saturated rings. The number of hydrogen-bond acceptors (Lipinski definition) is 5. The summed E-state index contributed by atoms with van der Waals surface area (Å²) in [5.74, 6) is -1.33. The molecule has 0 aliphatic carbocycles. The van der Waals surface area contributed by atoms with Crippen LogP contribution in [0.1, 0.15) is 27.2 Å². The van der Waals surface area contributed by atoms with Gasteiger partial charge in [0.2, 0.25) is 0 Å². The van der Waals surface area contributed by atoms with Crippen molar-refractivity contribution < 1.29 is 13.9 Å². The third-order valence-electron chi connectivity index (χ3n) is 3.20. The van der Waals surface area contributed by atoms with Crippen LogP contribution in [0.25, 0.3) is 5.69 Å². The Hall–Kier alpha value is -3.32. The lowest BCUT2D eigenvalue weighted by atomic mass is 10.1. The number of esters is 1. The SMILES string of the molecule is COC(=O)c1c(N)c(C#N)cn1-c1cc(F)c(C)cc1C#N. The number of carbonyl (C=O) groups excluding carboxylic acids is 1. The van der Waals surface area contributed by atoms with E-state index in [1.807, 2.05) is 12.1 Å². The summed E-state index contributed by atoms with van der Waals surface area (Å²) in [7, 11) is 1.16. The average molecular weight is 298 g/mol. The Kier molecular flexibility index (Phi) is 3.83. The highest BCUT2D eigenvalue weighted by Gasteiger charge is 2.23. The zero-order valence-corrected chi connectivity index (χ0v) is 11.8. The van der Waals surface area contributed by atoms with Crippen LogP contribution in [0, 0.1) is 35.4 Å². The Morgan fingerprint density at radius 1 is 1.32 bits per heavy atom. The van der Waals surface area contributed by atoms with Crippen LogP contribution in [0.4, 0.5) is 10.1 Å². The van der Waals surface area contributed by atoms with Crippen LogP contribution < -0.4 is 5.73 Å². The van der Waals surface area contributed by atoms with Crippen LogP contribution in [0.5, 0.6) is 0 Å². The van der Waals surface area contributed by atoms with Gasteiger partial charge in [0.05, 0.1) is 29.6 Å².